The van der Waals surface area contributed by atoms with Crippen LogP contribution in [0.5, 0.6) is 0 Å². The summed E-state index contributed by atoms with van der Waals surface area (Å²) in [6.07, 6.45) is -6.19. The van der Waals surface area contributed by atoms with E-state index in [2.05, 4.69) is 0 Å². The molecule has 2 aromatic carbocycles. The number of halogens is 3. The van der Waals surface area contributed by atoms with Gasteiger partial charge in [0.2, 0.25) is 5.91 Å². The predicted molar refractivity (Wildman–Crippen MR) is 98.7 cm³/mol. The number of esters is 1. The van der Waals surface area contributed by atoms with Gasteiger partial charge in [-0.1, -0.05) is 48.5 Å². The van der Waals surface area contributed by atoms with Crippen molar-refractivity contribution in [2.45, 2.75) is 39.1 Å². The summed E-state index contributed by atoms with van der Waals surface area (Å²) in [7, 11) is 0. The van der Waals surface area contributed by atoms with Gasteiger partial charge in [0, 0.05) is 12.5 Å². The van der Waals surface area contributed by atoms with Crippen molar-refractivity contribution in [3.63, 3.8) is 0 Å². The first-order chi connectivity index (χ1) is 13.6. The Hall–Kier alpha value is -3.16. The highest BCUT2D eigenvalue weighted by molar-refractivity contribution is 6.05. The molecule has 0 N–H and O–H groups in total. The molecule has 0 heterocycles. The average molecular weight is 407 g/mol. The molecule has 29 heavy (non-hydrogen) atoms. The smallest absolute Gasteiger partial charge is 0.409 e. The first kappa shape index (κ1) is 22.1. The topological polar surface area (TPSA) is 63.7 Å². The van der Waals surface area contributed by atoms with Crippen LogP contribution in [0.15, 0.2) is 54.6 Å². The molecule has 0 saturated carbocycles. The first-order valence-electron chi connectivity index (χ1n) is 8.77. The van der Waals surface area contributed by atoms with Gasteiger partial charge in [-0.3, -0.25) is 19.3 Å². The monoisotopic (exact) mass is 407 g/mol. The van der Waals surface area contributed by atoms with E-state index in [0.29, 0.717) is 11.1 Å². The zero-order valence-electron chi connectivity index (χ0n) is 15.9. The van der Waals surface area contributed by atoms with Crippen LogP contribution in [-0.2, 0) is 20.9 Å². The van der Waals surface area contributed by atoms with E-state index in [1.54, 1.807) is 49.4 Å². The molecule has 154 valence electrons. The minimum absolute atomic E-state index is 0.0467. The van der Waals surface area contributed by atoms with Crippen molar-refractivity contribution in [2.24, 2.45) is 0 Å². The Morgan fingerprint density at radius 3 is 2.14 bits per heavy atom. The van der Waals surface area contributed by atoms with E-state index in [4.69, 9.17) is 4.74 Å². The molecule has 0 bridgehead atoms. The van der Waals surface area contributed by atoms with Crippen LogP contribution in [0.2, 0.25) is 0 Å². The fourth-order valence-corrected chi connectivity index (χ4v) is 2.75. The number of aryl methyl sites for hydroxylation is 1. The van der Waals surface area contributed by atoms with Crippen LogP contribution >= 0.6 is 0 Å². The summed E-state index contributed by atoms with van der Waals surface area (Å²) in [6, 6.07) is 11.8. The van der Waals surface area contributed by atoms with Crippen LogP contribution in [0.1, 0.15) is 34.8 Å². The molecule has 0 fully saturated rings. The summed E-state index contributed by atoms with van der Waals surface area (Å²) >= 11 is 0. The van der Waals surface area contributed by atoms with Crippen LogP contribution < -0.4 is 0 Å². The second-order valence-electron chi connectivity index (χ2n) is 6.42. The third-order valence-corrected chi connectivity index (χ3v) is 4.23. The van der Waals surface area contributed by atoms with Gasteiger partial charge in [-0.25, -0.2) is 0 Å². The molecule has 0 radical (unpaired) electrons. The lowest BCUT2D eigenvalue weighted by Crippen LogP contribution is -2.52. The molecular formula is C21H20F3NO4. The van der Waals surface area contributed by atoms with Crippen molar-refractivity contribution in [2.75, 3.05) is 0 Å². The number of ether oxygens (including phenoxy) is 1. The summed E-state index contributed by atoms with van der Waals surface area (Å²) in [5.74, 6) is -3.40. The number of benzene rings is 2. The Kier molecular flexibility index (Phi) is 7.14. The molecule has 0 aliphatic heterocycles. The zero-order chi connectivity index (χ0) is 21.6. The maximum Gasteiger partial charge on any atom is 0.409 e. The average Bonchev–Trinajstić information content (AvgIpc) is 2.66. The summed E-state index contributed by atoms with van der Waals surface area (Å²) in [5.41, 5.74) is 0.967. The summed E-state index contributed by atoms with van der Waals surface area (Å²) in [4.78, 5) is 36.8. The van der Waals surface area contributed by atoms with Gasteiger partial charge in [0.15, 0.2) is 0 Å². The highest BCUT2D eigenvalue weighted by Crippen LogP contribution is 2.29. The van der Waals surface area contributed by atoms with Crippen LogP contribution in [-0.4, -0.2) is 34.9 Å². The van der Waals surface area contributed by atoms with Crippen LogP contribution in [0.25, 0.3) is 0 Å². The van der Waals surface area contributed by atoms with Crippen molar-refractivity contribution < 1.29 is 32.3 Å². The molecule has 1 unspecified atom stereocenters. The summed E-state index contributed by atoms with van der Waals surface area (Å²) < 4.78 is 45.9. The standard InChI is InChI=1S/C21H20F3NO4/c1-14-8-6-7-11-17(14)20(28)25(15(2)26)18(21(22,23)24)12-19(27)29-13-16-9-4-3-5-10-16/h3-11,18H,12-13H2,1-2H3. The summed E-state index contributed by atoms with van der Waals surface area (Å²) in [6.45, 7) is 2.18. The molecule has 2 amide bonds. The van der Waals surface area contributed by atoms with Gasteiger partial charge in [0.1, 0.15) is 12.6 Å². The lowest BCUT2D eigenvalue weighted by molar-refractivity contribution is -0.189. The highest BCUT2D eigenvalue weighted by atomic mass is 19.4. The first-order valence-corrected chi connectivity index (χ1v) is 8.77. The van der Waals surface area contributed by atoms with E-state index in [9.17, 15) is 27.6 Å². The van der Waals surface area contributed by atoms with Gasteiger partial charge in [-0.2, -0.15) is 13.2 Å². The largest absolute Gasteiger partial charge is 0.461 e. The SMILES string of the molecule is CC(=O)N(C(=O)c1ccccc1C)C(CC(=O)OCc1ccccc1)C(F)(F)F. The van der Waals surface area contributed by atoms with E-state index >= 15 is 0 Å². The number of amides is 2. The van der Waals surface area contributed by atoms with Crippen LogP contribution in [0.4, 0.5) is 13.2 Å². The zero-order valence-corrected chi connectivity index (χ0v) is 15.9. The van der Waals surface area contributed by atoms with Crippen molar-refractivity contribution in [3.05, 3.63) is 71.3 Å². The number of imide groups is 1. The number of carbonyl (C=O) groups excluding carboxylic acids is 3. The van der Waals surface area contributed by atoms with Gasteiger partial charge in [-0.05, 0) is 24.1 Å². The lowest BCUT2D eigenvalue weighted by Gasteiger charge is -2.30. The van der Waals surface area contributed by atoms with Gasteiger partial charge < -0.3 is 4.74 Å². The van der Waals surface area contributed by atoms with Gasteiger partial charge in [-0.15, -0.1) is 0 Å². The fraction of sp³-hybridized carbons (Fsp3) is 0.286. The third-order valence-electron chi connectivity index (χ3n) is 4.23. The van der Waals surface area contributed by atoms with Gasteiger partial charge in [0.25, 0.3) is 5.91 Å². The minimum Gasteiger partial charge on any atom is -0.461 e. The molecule has 0 saturated heterocycles. The number of hydrogen-bond donors (Lipinski definition) is 0. The van der Waals surface area contributed by atoms with Crippen LogP contribution in [0, 0.1) is 6.92 Å². The van der Waals surface area contributed by atoms with Crippen molar-refractivity contribution in [1.29, 1.82) is 0 Å². The maximum atomic E-state index is 13.7. The Bertz CT molecular complexity index is 881. The van der Waals surface area contributed by atoms with Crippen molar-refractivity contribution >= 4 is 17.8 Å². The van der Waals surface area contributed by atoms with E-state index in [-0.39, 0.29) is 17.1 Å². The highest BCUT2D eigenvalue weighted by Gasteiger charge is 2.48. The van der Waals surface area contributed by atoms with E-state index in [0.717, 1.165) is 6.92 Å². The van der Waals surface area contributed by atoms with E-state index < -0.39 is 36.4 Å². The molecule has 2 aromatic rings. The molecule has 0 aliphatic rings. The van der Waals surface area contributed by atoms with E-state index in [1.165, 1.54) is 12.1 Å². The maximum absolute atomic E-state index is 13.7. The molecular weight excluding hydrogens is 387 g/mol. The number of rotatable bonds is 6. The number of alkyl halides is 3. The quantitative estimate of drug-likeness (QED) is 0.678. The molecule has 0 aromatic heterocycles. The fourth-order valence-electron chi connectivity index (χ4n) is 2.75. The Labute approximate surface area is 166 Å². The Morgan fingerprint density at radius 1 is 1.00 bits per heavy atom. The van der Waals surface area contributed by atoms with E-state index in [1.807, 2.05) is 0 Å². The second-order valence-corrected chi connectivity index (χ2v) is 6.42. The summed E-state index contributed by atoms with van der Waals surface area (Å²) in [5, 5.41) is 0. The number of hydrogen-bond acceptors (Lipinski definition) is 4. The van der Waals surface area contributed by atoms with Gasteiger partial charge in [0.05, 0.1) is 6.42 Å². The molecule has 8 heteroatoms. The Morgan fingerprint density at radius 2 is 1.59 bits per heavy atom. The molecule has 1 atom stereocenters. The third kappa shape index (κ3) is 5.91. The predicted octanol–water partition coefficient (Wildman–Crippen LogP) is 4.05. The Balaban J connectivity index is 2.23. The van der Waals surface area contributed by atoms with Crippen molar-refractivity contribution in [3.8, 4) is 0 Å². The van der Waals surface area contributed by atoms with Crippen molar-refractivity contribution in [1.82, 2.24) is 4.90 Å². The number of carbonyl (C=O) groups is 3. The molecule has 2 rings (SSSR count). The second kappa shape index (κ2) is 9.36. The molecule has 0 spiro atoms. The normalized spacial score (nSPS) is 12.2. The van der Waals surface area contributed by atoms with Crippen LogP contribution in [0.3, 0.4) is 0 Å². The minimum atomic E-state index is -5.00. The number of nitrogens with zero attached hydrogens (tertiary/aromatic N) is 1. The molecule has 5 nitrogen and oxygen atoms in total. The molecule has 0 aliphatic carbocycles. The lowest BCUT2D eigenvalue weighted by atomic mass is 10.0. The van der Waals surface area contributed by atoms with Gasteiger partial charge >= 0.3 is 12.1 Å².